The monoisotopic (exact) mass is 179 g/mol. The summed E-state index contributed by atoms with van der Waals surface area (Å²) in [5.74, 6) is -0.493. The van der Waals surface area contributed by atoms with Gasteiger partial charge in [0.1, 0.15) is 0 Å². The van der Waals surface area contributed by atoms with Crippen molar-refractivity contribution in [2.45, 2.75) is 19.9 Å². The number of hydrogen-bond acceptors (Lipinski definition) is 2. The fourth-order valence-corrected chi connectivity index (χ4v) is 0.705. The lowest BCUT2D eigenvalue weighted by Crippen LogP contribution is -2.38. The average Bonchev–Trinajstić information content (AvgIpc) is 1.84. The third-order valence-corrected chi connectivity index (χ3v) is 1.80. The fourth-order valence-electron chi connectivity index (χ4n) is 0.516. The Bertz CT molecular complexity index is 171. The van der Waals surface area contributed by atoms with Crippen molar-refractivity contribution >= 4 is 22.9 Å². The van der Waals surface area contributed by atoms with E-state index in [1.807, 2.05) is 0 Å². The van der Waals surface area contributed by atoms with E-state index in [0.717, 1.165) is 0 Å². The highest BCUT2D eigenvalue weighted by Gasteiger charge is 2.19. The van der Waals surface area contributed by atoms with E-state index in [1.165, 1.54) is 0 Å². The standard InChI is InChI=1S/C6H10ClNO3/c1-3(5(7)9)4(2)8-6(10)11/h3-4,8H,1-2H3,(H,10,11). The second-order valence-electron chi connectivity index (χ2n) is 2.33. The van der Waals surface area contributed by atoms with Crippen LogP contribution < -0.4 is 5.32 Å². The molecule has 0 aromatic rings. The first kappa shape index (κ1) is 10.2. The van der Waals surface area contributed by atoms with E-state index in [0.29, 0.717) is 0 Å². The summed E-state index contributed by atoms with van der Waals surface area (Å²) in [5.41, 5.74) is 0. The molecule has 2 atom stereocenters. The van der Waals surface area contributed by atoms with Crippen LogP contribution in [-0.4, -0.2) is 22.5 Å². The number of carboxylic acid groups (broad SMARTS) is 1. The van der Waals surface area contributed by atoms with Crippen molar-refractivity contribution < 1.29 is 14.7 Å². The van der Waals surface area contributed by atoms with Crippen LogP contribution >= 0.6 is 11.6 Å². The van der Waals surface area contributed by atoms with Gasteiger partial charge >= 0.3 is 6.09 Å². The Morgan fingerprint density at radius 2 is 1.91 bits per heavy atom. The van der Waals surface area contributed by atoms with Gasteiger partial charge < -0.3 is 10.4 Å². The zero-order valence-electron chi connectivity index (χ0n) is 6.30. The van der Waals surface area contributed by atoms with Crippen LogP contribution in [0.5, 0.6) is 0 Å². The van der Waals surface area contributed by atoms with Crippen LogP contribution in [0.1, 0.15) is 13.8 Å². The normalized spacial score (nSPS) is 15.2. The van der Waals surface area contributed by atoms with Gasteiger partial charge in [0, 0.05) is 6.04 Å². The van der Waals surface area contributed by atoms with Crippen LogP contribution in [0.15, 0.2) is 0 Å². The topological polar surface area (TPSA) is 66.4 Å². The molecule has 11 heavy (non-hydrogen) atoms. The molecule has 2 unspecified atom stereocenters. The lowest BCUT2D eigenvalue weighted by molar-refractivity contribution is -0.115. The molecule has 4 nitrogen and oxygen atoms in total. The molecule has 0 aromatic carbocycles. The van der Waals surface area contributed by atoms with Gasteiger partial charge in [-0.25, -0.2) is 4.79 Å². The van der Waals surface area contributed by atoms with Gasteiger partial charge in [-0.1, -0.05) is 6.92 Å². The van der Waals surface area contributed by atoms with Crippen LogP contribution in [0.3, 0.4) is 0 Å². The third-order valence-electron chi connectivity index (χ3n) is 1.46. The second-order valence-corrected chi connectivity index (χ2v) is 2.70. The van der Waals surface area contributed by atoms with Crippen LogP contribution in [0.4, 0.5) is 4.79 Å². The van der Waals surface area contributed by atoms with E-state index in [-0.39, 0.29) is 0 Å². The van der Waals surface area contributed by atoms with Crippen molar-refractivity contribution in [1.29, 1.82) is 0 Å². The molecule has 0 heterocycles. The van der Waals surface area contributed by atoms with Gasteiger partial charge in [-0.2, -0.15) is 0 Å². The van der Waals surface area contributed by atoms with Crippen molar-refractivity contribution in [3.8, 4) is 0 Å². The number of halogens is 1. The molecule has 0 saturated heterocycles. The summed E-state index contributed by atoms with van der Waals surface area (Å²) >= 11 is 5.13. The number of rotatable bonds is 3. The van der Waals surface area contributed by atoms with E-state index in [2.05, 4.69) is 5.32 Å². The van der Waals surface area contributed by atoms with Gasteiger partial charge in [-0.15, -0.1) is 0 Å². The average molecular weight is 180 g/mol. The Morgan fingerprint density at radius 3 is 2.18 bits per heavy atom. The summed E-state index contributed by atoms with van der Waals surface area (Å²) in [6.07, 6.45) is -1.15. The van der Waals surface area contributed by atoms with Gasteiger partial charge in [0.15, 0.2) is 0 Å². The van der Waals surface area contributed by atoms with Crippen LogP contribution in [0.25, 0.3) is 0 Å². The number of amides is 1. The van der Waals surface area contributed by atoms with Gasteiger partial charge in [0.2, 0.25) is 5.24 Å². The third kappa shape index (κ3) is 3.83. The molecule has 0 aliphatic rings. The SMILES string of the molecule is CC(NC(=O)O)C(C)C(=O)Cl. The quantitative estimate of drug-likeness (QED) is 0.637. The van der Waals surface area contributed by atoms with Gasteiger partial charge in [0.25, 0.3) is 0 Å². The fraction of sp³-hybridized carbons (Fsp3) is 0.667. The van der Waals surface area contributed by atoms with E-state index in [9.17, 15) is 9.59 Å². The Labute approximate surface area is 69.5 Å². The molecule has 0 aliphatic carbocycles. The minimum atomic E-state index is -1.15. The molecule has 0 aromatic heterocycles. The maximum atomic E-state index is 10.5. The van der Waals surface area contributed by atoms with Gasteiger partial charge in [-0.05, 0) is 18.5 Å². The van der Waals surface area contributed by atoms with E-state index < -0.39 is 23.3 Å². The lowest BCUT2D eigenvalue weighted by Gasteiger charge is -2.15. The van der Waals surface area contributed by atoms with Crippen molar-refractivity contribution in [2.75, 3.05) is 0 Å². The number of carbonyl (C=O) groups is 2. The molecule has 5 heteroatoms. The highest BCUT2D eigenvalue weighted by molar-refractivity contribution is 6.64. The maximum absolute atomic E-state index is 10.5. The van der Waals surface area contributed by atoms with E-state index in [4.69, 9.17) is 16.7 Å². The highest BCUT2D eigenvalue weighted by atomic mass is 35.5. The Morgan fingerprint density at radius 1 is 1.45 bits per heavy atom. The Balaban J connectivity index is 3.92. The molecule has 0 radical (unpaired) electrons. The zero-order valence-corrected chi connectivity index (χ0v) is 7.05. The Hall–Kier alpha value is -0.770. The predicted octanol–water partition coefficient (Wildman–Crippen LogP) is 1.04. The maximum Gasteiger partial charge on any atom is 0.404 e. The lowest BCUT2D eigenvalue weighted by atomic mass is 10.1. The van der Waals surface area contributed by atoms with Crippen LogP contribution in [0, 0.1) is 5.92 Å². The first-order chi connectivity index (χ1) is 4.95. The molecule has 0 rings (SSSR count). The summed E-state index contributed by atoms with van der Waals surface area (Å²) in [6, 6.07) is -0.447. The zero-order chi connectivity index (χ0) is 9.02. The molecule has 0 aliphatic heterocycles. The summed E-state index contributed by atoms with van der Waals surface area (Å²) in [5, 5.41) is 9.85. The van der Waals surface area contributed by atoms with Crippen molar-refractivity contribution in [1.82, 2.24) is 5.32 Å². The number of hydrogen-bond donors (Lipinski definition) is 2. The summed E-state index contributed by atoms with van der Waals surface area (Å²) in [7, 11) is 0. The summed E-state index contributed by atoms with van der Waals surface area (Å²) < 4.78 is 0. The second kappa shape index (κ2) is 4.18. The van der Waals surface area contributed by atoms with E-state index >= 15 is 0 Å². The number of carbonyl (C=O) groups excluding carboxylic acids is 1. The first-order valence-electron chi connectivity index (χ1n) is 3.14. The smallest absolute Gasteiger partial charge is 0.404 e. The van der Waals surface area contributed by atoms with Crippen LogP contribution in [-0.2, 0) is 4.79 Å². The number of nitrogens with one attached hydrogen (secondary N) is 1. The molecule has 0 fully saturated rings. The highest BCUT2D eigenvalue weighted by Crippen LogP contribution is 2.05. The molecule has 2 N–H and O–H groups in total. The molecule has 64 valence electrons. The van der Waals surface area contributed by atoms with Crippen LogP contribution in [0.2, 0.25) is 0 Å². The molecule has 0 saturated carbocycles. The van der Waals surface area contributed by atoms with Gasteiger partial charge in [0.05, 0.1) is 5.92 Å². The van der Waals surface area contributed by atoms with Crippen molar-refractivity contribution in [3.05, 3.63) is 0 Å². The summed E-state index contributed by atoms with van der Waals surface area (Å²) in [4.78, 5) is 20.6. The molecule has 1 amide bonds. The van der Waals surface area contributed by atoms with Crippen molar-refractivity contribution in [2.24, 2.45) is 5.92 Å². The Kier molecular flexibility index (Phi) is 3.89. The molecule has 0 spiro atoms. The predicted molar refractivity (Wildman–Crippen MR) is 40.6 cm³/mol. The molecule has 0 bridgehead atoms. The van der Waals surface area contributed by atoms with Crippen molar-refractivity contribution in [3.63, 3.8) is 0 Å². The molecular weight excluding hydrogens is 170 g/mol. The largest absolute Gasteiger partial charge is 0.465 e. The minimum Gasteiger partial charge on any atom is -0.465 e. The van der Waals surface area contributed by atoms with E-state index in [1.54, 1.807) is 13.8 Å². The summed E-state index contributed by atoms with van der Waals surface area (Å²) in [6.45, 7) is 3.15. The molecular formula is C6H10ClNO3. The minimum absolute atomic E-state index is 0.447. The van der Waals surface area contributed by atoms with Gasteiger partial charge in [-0.3, -0.25) is 4.79 Å². The first-order valence-corrected chi connectivity index (χ1v) is 3.51.